The van der Waals surface area contributed by atoms with Crippen LogP contribution in [0.4, 0.5) is 0 Å². The first kappa shape index (κ1) is 17.5. The summed E-state index contributed by atoms with van der Waals surface area (Å²) in [5, 5.41) is 2.95. The van der Waals surface area contributed by atoms with Crippen LogP contribution in [-0.2, 0) is 16.1 Å². The number of carbonyl (C=O) groups excluding carboxylic acids is 2. The molecule has 0 bridgehead atoms. The van der Waals surface area contributed by atoms with Gasteiger partial charge < -0.3 is 14.8 Å². The summed E-state index contributed by atoms with van der Waals surface area (Å²) in [5.74, 6) is 0.833. The molecule has 134 valence electrons. The molecule has 0 saturated carbocycles. The second kappa shape index (κ2) is 7.68. The van der Waals surface area contributed by atoms with Crippen molar-refractivity contribution in [3.05, 3.63) is 30.1 Å². The van der Waals surface area contributed by atoms with Crippen molar-refractivity contribution in [1.29, 1.82) is 0 Å². The smallest absolute Gasteiger partial charge is 0.242 e. The fourth-order valence-electron chi connectivity index (χ4n) is 3.38. The third-order valence-electron chi connectivity index (χ3n) is 4.77. The molecule has 2 heterocycles. The minimum absolute atomic E-state index is 0.0199. The van der Waals surface area contributed by atoms with E-state index >= 15 is 0 Å². The number of hydrogen-bond acceptors (Lipinski definition) is 3. The van der Waals surface area contributed by atoms with Crippen LogP contribution in [0.25, 0.3) is 11.0 Å². The van der Waals surface area contributed by atoms with Crippen molar-refractivity contribution in [1.82, 2.24) is 19.8 Å². The van der Waals surface area contributed by atoms with E-state index < -0.39 is 0 Å². The zero-order chi connectivity index (χ0) is 17.8. The van der Waals surface area contributed by atoms with Crippen LogP contribution < -0.4 is 5.32 Å². The second-order valence-electron chi connectivity index (χ2n) is 6.63. The summed E-state index contributed by atoms with van der Waals surface area (Å²) >= 11 is 0. The number of nitrogens with zero attached hydrogens (tertiary/aromatic N) is 3. The maximum absolute atomic E-state index is 12.8. The van der Waals surface area contributed by atoms with Gasteiger partial charge in [-0.25, -0.2) is 4.98 Å². The van der Waals surface area contributed by atoms with Crippen molar-refractivity contribution in [2.24, 2.45) is 0 Å². The van der Waals surface area contributed by atoms with Gasteiger partial charge in [0.25, 0.3) is 0 Å². The Morgan fingerprint density at radius 3 is 2.64 bits per heavy atom. The van der Waals surface area contributed by atoms with E-state index in [1.165, 1.54) is 6.42 Å². The first-order valence-corrected chi connectivity index (χ1v) is 9.12. The average molecular weight is 342 g/mol. The van der Waals surface area contributed by atoms with Crippen LogP contribution in [0.15, 0.2) is 24.3 Å². The van der Waals surface area contributed by atoms with Gasteiger partial charge in [-0.1, -0.05) is 19.1 Å². The minimum Gasteiger partial charge on any atom is -0.346 e. The van der Waals surface area contributed by atoms with E-state index in [1.54, 1.807) is 0 Å². The molecule has 2 amide bonds. The average Bonchev–Trinajstić information content (AvgIpc) is 3.01. The van der Waals surface area contributed by atoms with Gasteiger partial charge in [0.05, 0.1) is 17.1 Å². The Labute approximate surface area is 148 Å². The quantitative estimate of drug-likeness (QED) is 0.908. The number of hydrogen-bond donors (Lipinski definition) is 1. The maximum Gasteiger partial charge on any atom is 0.242 e. The fraction of sp³-hybridized carbons (Fsp3) is 0.526. The summed E-state index contributed by atoms with van der Waals surface area (Å²) in [6.45, 7) is 5.68. The van der Waals surface area contributed by atoms with Crippen LogP contribution in [0.3, 0.4) is 0 Å². The summed E-state index contributed by atoms with van der Waals surface area (Å²) in [6, 6.07) is 7.56. The summed E-state index contributed by atoms with van der Waals surface area (Å²) in [4.78, 5) is 31.1. The number of imidazole rings is 1. The Bertz CT molecular complexity index is 762. The Balaban J connectivity index is 1.89. The number of benzene rings is 1. The highest BCUT2D eigenvalue weighted by Crippen LogP contribution is 2.21. The molecule has 1 saturated heterocycles. The molecule has 2 aromatic rings. The molecule has 0 aliphatic carbocycles. The van der Waals surface area contributed by atoms with Crippen molar-refractivity contribution in [3.8, 4) is 0 Å². The van der Waals surface area contributed by atoms with E-state index in [9.17, 15) is 9.59 Å². The number of amides is 2. The molecule has 1 atom stereocenters. The molecule has 1 aliphatic rings. The molecular formula is C19H26N4O2. The number of nitrogens with one attached hydrogen (secondary N) is 1. The first-order chi connectivity index (χ1) is 12.1. The normalized spacial score (nSPS) is 16.0. The number of para-hydroxylation sites is 2. The monoisotopic (exact) mass is 342 g/mol. The highest BCUT2D eigenvalue weighted by Gasteiger charge is 2.22. The fourth-order valence-corrected chi connectivity index (χ4v) is 3.38. The van der Waals surface area contributed by atoms with Crippen molar-refractivity contribution < 1.29 is 9.59 Å². The van der Waals surface area contributed by atoms with E-state index in [1.807, 2.05) is 47.6 Å². The van der Waals surface area contributed by atoms with Gasteiger partial charge in [-0.05, 0) is 38.3 Å². The van der Waals surface area contributed by atoms with Gasteiger partial charge in [-0.15, -0.1) is 0 Å². The Kier molecular flexibility index (Phi) is 5.36. The van der Waals surface area contributed by atoms with E-state index in [-0.39, 0.29) is 24.4 Å². The van der Waals surface area contributed by atoms with Crippen molar-refractivity contribution >= 4 is 22.8 Å². The zero-order valence-electron chi connectivity index (χ0n) is 15.0. The first-order valence-electron chi connectivity index (χ1n) is 9.12. The largest absolute Gasteiger partial charge is 0.346 e. The van der Waals surface area contributed by atoms with Crippen LogP contribution in [0.1, 0.15) is 51.4 Å². The molecule has 6 heteroatoms. The lowest BCUT2D eigenvalue weighted by Gasteiger charge is -2.27. The van der Waals surface area contributed by atoms with Crippen LogP contribution in [-0.4, -0.2) is 39.4 Å². The van der Waals surface area contributed by atoms with Gasteiger partial charge in [0.2, 0.25) is 11.8 Å². The number of fused-ring (bicyclic) bond motifs is 1. The molecule has 3 rings (SSSR count). The van der Waals surface area contributed by atoms with Gasteiger partial charge in [-0.3, -0.25) is 9.59 Å². The lowest BCUT2D eigenvalue weighted by atomic mass is 10.1. The SMILES string of the molecule is CCC(=O)NC(C)c1nc2ccccc2n1CC(=O)N1CCCCC1. The topological polar surface area (TPSA) is 67.2 Å². The molecule has 1 unspecified atom stereocenters. The van der Waals surface area contributed by atoms with Gasteiger partial charge >= 0.3 is 0 Å². The molecule has 0 spiro atoms. The van der Waals surface area contributed by atoms with Gasteiger partial charge in [0.1, 0.15) is 12.4 Å². The van der Waals surface area contributed by atoms with E-state index in [4.69, 9.17) is 0 Å². The predicted octanol–water partition coefficient (Wildman–Crippen LogP) is 2.64. The molecule has 1 aromatic carbocycles. The van der Waals surface area contributed by atoms with E-state index in [0.29, 0.717) is 6.42 Å². The Morgan fingerprint density at radius 2 is 1.92 bits per heavy atom. The zero-order valence-corrected chi connectivity index (χ0v) is 15.0. The molecule has 25 heavy (non-hydrogen) atoms. The summed E-state index contributed by atoms with van der Waals surface area (Å²) in [6.07, 6.45) is 3.78. The van der Waals surface area contributed by atoms with E-state index in [0.717, 1.165) is 42.8 Å². The van der Waals surface area contributed by atoms with Crippen molar-refractivity contribution in [3.63, 3.8) is 0 Å². The third-order valence-corrected chi connectivity index (χ3v) is 4.77. The highest BCUT2D eigenvalue weighted by atomic mass is 16.2. The van der Waals surface area contributed by atoms with Gasteiger partial charge in [0.15, 0.2) is 0 Å². The van der Waals surface area contributed by atoms with Crippen molar-refractivity contribution in [2.75, 3.05) is 13.1 Å². The van der Waals surface area contributed by atoms with Gasteiger partial charge in [0, 0.05) is 19.5 Å². The standard InChI is InChI=1S/C19H26N4O2/c1-3-17(24)20-14(2)19-21-15-9-5-6-10-16(15)23(19)13-18(25)22-11-7-4-8-12-22/h5-6,9-10,14H,3-4,7-8,11-13H2,1-2H3,(H,20,24). The molecular weight excluding hydrogens is 316 g/mol. The number of aromatic nitrogens is 2. The second-order valence-corrected chi connectivity index (χ2v) is 6.63. The number of piperidine rings is 1. The lowest BCUT2D eigenvalue weighted by molar-refractivity contribution is -0.132. The van der Waals surface area contributed by atoms with E-state index in [2.05, 4.69) is 10.3 Å². The number of likely N-dealkylation sites (tertiary alicyclic amines) is 1. The van der Waals surface area contributed by atoms with Gasteiger partial charge in [-0.2, -0.15) is 0 Å². The molecule has 6 nitrogen and oxygen atoms in total. The Hall–Kier alpha value is -2.37. The van der Waals surface area contributed by atoms with Crippen LogP contribution >= 0.6 is 0 Å². The summed E-state index contributed by atoms with van der Waals surface area (Å²) < 4.78 is 1.95. The molecule has 1 aromatic heterocycles. The number of rotatable bonds is 5. The lowest BCUT2D eigenvalue weighted by Crippen LogP contribution is -2.38. The van der Waals surface area contributed by atoms with Crippen molar-refractivity contribution in [2.45, 2.75) is 52.1 Å². The third kappa shape index (κ3) is 3.83. The van der Waals surface area contributed by atoms with Crippen LogP contribution in [0.2, 0.25) is 0 Å². The van der Waals surface area contributed by atoms with Crippen LogP contribution in [0, 0.1) is 0 Å². The molecule has 1 fully saturated rings. The minimum atomic E-state index is -0.242. The number of carbonyl (C=O) groups is 2. The molecule has 1 aliphatic heterocycles. The van der Waals surface area contributed by atoms with Crippen LogP contribution in [0.5, 0.6) is 0 Å². The highest BCUT2D eigenvalue weighted by molar-refractivity contribution is 5.81. The Morgan fingerprint density at radius 1 is 1.20 bits per heavy atom. The maximum atomic E-state index is 12.8. The predicted molar refractivity (Wildman–Crippen MR) is 97.0 cm³/mol. The summed E-state index contributed by atoms with van der Waals surface area (Å²) in [5.41, 5.74) is 1.78. The molecule has 1 N–H and O–H groups in total. The molecule has 0 radical (unpaired) electrons. The summed E-state index contributed by atoms with van der Waals surface area (Å²) in [7, 11) is 0.